The summed E-state index contributed by atoms with van der Waals surface area (Å²) >= 11 is 0. The summed E-state index contributed by atoms with van der Waals surface area (Å²) in [4.78, 5) is 0. The average molecular weight is 222 g/mol. The zero-order valence-corrected chi connectivity index (χ0v) is 10.7. The average Bonchev–Trinajstić information content (AvgIpc) is 2.26. The van der Waals surface area contributed by atoms with Crippen LogP contribution in [0.3, 0.4) is 0 Å². The molecule has 1 aromatic rings. The maximum absolute atomic E-state index is 9.77. The molecule has 1 aromatic carbocycles. The van der Waals surface area contributed by atoms with Crippen LogP contribution in [0.15, 0.2) is 12.1 Å². The van der Waals surface area contributed by atoms with Crippen LogP contribution in [0.4, 0.5) is 0 Å². The van der Waals surface area contributed by atoms with Crippen LogP contribution in [0.2, 0.25) is 0 Å². The first kappa shape index (κ1) is 12.9. The molecule has 0 saturated heterocycles. The molecule has 0 aromatic heterocycles. The molecule has 0 atom stereocenters. The van der Waals surface area contributed by atoms with Crippen molar-refractivity contribution in [1.82, 2.24) is 0 Å². The van der Waals surface area contributed by atoms with Crippen molar-refractivity contribution in [2.75, 3.05) is 6.61 Å². The lowest BCUT2D eigenvalue weighted by Gasteiger charge is -2.16. The lowest BCUT2D eigenvalue weighted by molar-refractivity contribution is 0.268. The van der Waals surface area contributed by atoms with Gasteiger partial charge in [0.05, 0.1) is 6.61 Å². The zero-order valence-electron chi connectivity index (χ0n) is 10.7. The summed E-state index contributed by atoms with van der Waals surface area (Å²) < 4.78 is 5.78. The van der Waals surface area contributed by atoms with Gasteiger partial charge in [-0.2, -0.15) is 0 Å². The minimum absolute atomic E-state index is 0.385. The number of benzene rings is 1. The van der Waals surface area contributed by atoms with Crippen LogP contribution in [-0.2, 0) is 12.8 Å². The zero-order chi connectivity index (χ0) is 12.1. The summed E-state index contributed by atoms with van der Waals surface area (Å²) in [7, 11) is 0. The fraction of sp³-hybridized carbons (Fsp3) is 0.571. The van der Waals surface area contributed by atoms with Crippen molar-refractivity contribution in [2.24, 2.45) is 5.92 Å². The molecule has 0 bridgehead atoms. The molecule has 0 radical (unpaired) electrons. The highest BCUT2D eigenvalue weighted by Gasteiger charge is 2.11. The highest BCUT2D eigenvalue weighted by molar-refractivity contribution is 5.48. The van der Waals surface area contributed by atoms with Crippen molar-refractivity contribution in [3.8, 4) is 11.5 Å². The molecular formula is C14H22O2. The molecule has 2 heteroatoms. The summed E-state index contributed by atoms with van der Waals surface area (Å²) in [5, 5.41) is 9.77. The lowest BCUT2D eigenvalue weighted by atomic mass is 10.0. The van der Waals surface area contributed by atoms with Gasteiger partial charge in [0.25, 0.3) is 0 Å². The molecule has 2 nitrogen and oxygen atoms in total. The van der Waals surface area contributed by atoms with Crippen molar-refractivity contribution < 1.29 is 9.84 Å². The van der Waals surface area contributed by atoms with Gasteiger partial charge in [-0.15, -0.1) is 0 Å². The number of aromatic hydroxyl groups is 1. The van der Waals surface area contributed by atoms with Crippen LogP contribution >= 0.6 is 0 Å². The fourth-order valence-corrected chi connectivity index (χ4v) is 1.83. The van der Waals surface area contributed by atoms with Gasteiger partial charge >= 0.3 is 0 Å². The molecule has 0 spiro atoms. The third-order valence-corrected chi connectivity index (χ3v) is 2.64. The van der Waals surface area contributed by atoms with Crippen molar-refractivity contribution in [2.45, 2.75) is 40.5 Å². The van der Waals surface area contributed by atoms with Crippen molar-refractivity contribution in [3.63, 3.8) is 0 Å². The molecule has 0 aliphatic heterocycles. The molecule has 0 saturated carbocycles. The van der Waals surface area contributed by atoms with E-state index in [4.69, 9.17) is 4.74 Å². The van der Waals surface area contributed by atoms with Crippen LogP contribution in [0.5, 0.6) is 11.5 Å². The normalized spacial score (nSPS) is 10.8. The number of rotatable bonds is 5. The van der Waals surface area contributed by atoms with E-state index < -0.39 is 0 Å². The van der Waals surface area contributed by atoms with Gasteiger partial charge in [-0.25, -0.2) is 0 Å². The fourth-order valence-electron chi connectivity index (χ4n) is 1.83. The predicted molar refractivity (Wildman–Crippen MR) is 67.2 cm³/mol. The second-order valence-electron chi connectivity index (χ2n) is 4.45. The highest BCUT2D eigenvalue weighted by atomic mass is 16.5. The second kappa shape index (κ2) is 5.78. The molecule has 1 rings (SSSR count). The van der Waals surface area contributed by atoms with Crippen LogP contribution in [0.25, 0.3) is 0 Å². The van der Waals surface area contributed by atoms with Gasteiger partial charge in [0.1, 0.15) is 11.5 Å². The van der Waals surface area contributed by atoms with Crippen molar-refractivity contribution in [1.29, 1.82) is 0 Å². The Kier molecular flexibility index (Phi) is 4.66. The first-order valence-electron chi connectivity index (χ1n) is 6.06. The van der Waals surface area contributed by atoms with E-state index in [-0.39, 0.29) is 0 Å². The topological polar surface area (TPSA) is 29.5 Å². The Bertz CT molecular complexity index is 343. The molecule has 0 amide bonds. The Morgan fingerprint density at radius 2 is 1.75 bits per heavy atom. The third kappa shape index (κ3) is 2.91. The Hall–Kier alpha value is -1.18. The van der Waals surface area contributed by atoms with Crippen molar-refractivity contribution >= 4 is 0 Å². The Labute approximate surface area is 98.3 Å². The molecule has 90 valence electrons. The molecule has 0 aliphatic carbocycles. The first-order chi connectivity index (χ1) is 7.60. The predicted octanol–water partition coefficient (Wildman–Crippen LogP) is 3.55. The van der Waals surface area contributed by atoms with E-state index in [1.54, 1.807) is 6.07 Å². The second-order valence-corrected chi connectivity index (χ2v) is 4.45. The maximum atomic E-state index is 9.77. The van der Waals surface area contributed by atoms with Gasteiger partial charge in [0.15, 0.2) is 0 Å². The maximum Gasteiger partial charge on any atom is 0.123 e. The summed E-state index contributed by atoms with van der Waals surface area (Å²) in [5.74, 6) is 1.82. The first-order valence-corrected chi connectivity index (χ1v) is 6.06. The number of hydrogen-bond donors (Lipinski definition) is 1. The van der Waals surface area contributed by atoms with E-state index in [0.717, 1.165) is 36.3 Å². The molecule has 0 heterocycles. The quantitative estimate of drug-likeness (QED) is 0.825. The lowest BCUT2D eigenvalue weighted by Crippen LogP contribution is -2.07. The Morgan fingerprint density at radius 1 is 1.12 bits per heavy atom. The summed E-state index contributed by atoms with van der Waals surface area (Å²) in [6.07, 6.45) is 1.74. The van der Waals surface area contributed by atoms with Crippen LogP contribution in [-0.4, -0.2) is 11.7 Å². The monoisotopic (exact) mass is 222 g/mol. The Morgan fingerprint density at radius 3 is 2.25 bits per heavy atom. The molecule has 0 aliphatic rings. The smallest absolute Gasteiger partial charge is 0.123 e. The minimum atomic E-state index is 0.385. The van der Waals surface area contributed by atoms with E-state index in [1.165, 1.54) is 0 Å². The standard InChI is InChI=1S/C14H22O2/c1-5-11-12(6-2)14(8-7-13(11)15)16-9-10(3)4/h7-8,10,15H,5-6,9H2,1-4H3. The number of ether oxygens (including phenoxy) is 1. The van der Waals surface area contributed by atoms with Gasteiger partial charge in [0.2, 0.25) is 0 Å². The van der Waals surface area contributed by atoms with Gasteiger partial charge < -0.3 is 9.84 Å². The van der Waals surface area contributed by atoms with E-state index in [1.807, 2.05) is 6.07 Å². The van der Waals surface area contributed by atoms with E-state index in [9.17, 15) is 5.11 Å². The highest BCUT2D eigenvalue weighted by Crippen LogP contribution is 2.30. The minimum Gasteiger partial charge on any atom is -0.508 e. The SMILES string of the molecule is CCc1c(O)ccc(OCC(C)C)c1CC. The van der Waals surface area contributed by atoms with Crippen LogP contribution in [0, 0.1) is 5.92 Å². The van der Waals surface area contributed by atoms with Gasteiger partial charge in [-0.1, -0.05) is 27.7 Å². The van der Waals surface area contributed by atoms with Crippen LogP contribution in [0.1, 0.15) is 38.8 Å². The molecule has 16 heavy (non-hydrogen) atoms. The van der Waals surface area contributed by atoms with Crippen molar-refractivity contribution in [3.05, 3.63) is 23.3 Å². The summed E-state index contributed by atoms with van der Waals surface area (Å²) in [6.45, 7) is 9.14. The van der Waals surface area contributed by atoms with E-state index in [2.05, 4.69) is 27.7 Å². The van der Waals surface area contributed by atoms with Gasteiger partial charge in [0, 0.05) is 11.1 Å². The third-order valence-electron chi connectivity index (χ3n) is 2.64. The molecule has 0 unspecified atom stereocenters. The van der Waals surface area contributed by atoms with E-state index in [0.29, 0.717) is 11.7 Å². The number of hydrogen-bond acceptors (Lipinski definition) is 2. The Balaban J connectivity index is 3.00. The largest absolute Gasteiger partial charge is 0.508 e. The number of phenolic OH excluding ortho intramolecular Hbond substituents is 1. The molecule has 0 fully saturated rings. The van der Waals surface area contributed by atoms with Crippen LogP contribution < -0.4 is 4.74 Å². The summed E-state index contributed by atoms with van der Waals surface area (Å²) in [5.41, 5.74) is 2.16. The van der Waals surface area contributed by atoms with Gasteiger partial charge in [-0.05, 0) is 30.9 Å². The van der Waals surface area contributed by atoms with Gasteiger partial charge in [-0.3, -0.25) is 0 Å². The van der Waals surface area contributed by atoms with E-state index >= 15 is 0 Å². The molecular weight excluding hydrogens is 200 g/mol. The molecule has 1 N–H and O–H groups in total. The number of phenols is 1. The summed E-state index contributed by atoms with van der Waals surface area (Å²) in [6, 6.07) is 3.60.